The van der Waals surface area contributed by atoms with E-state index in [0.717, 1.165) is 12.8 Å². The summed E-state index contributed by atoms with van der Waals surface area (Å²) in [6.45, 7) is 0. The minimum absolute atomic E-state index is 0.232. The number of hydrogen-bond acceptors (Lipinski definition) is 1. The van der Waals surface area contributed by atoms with Crippen molar-refractivity contribution < 1.29 is 4.79 Å². The highest BCUT2D eigenvalue weighted by Gasteiger charge is 1.91. The van der Waals surface area contributed by atoms with Crippen LogP contribution in [-0.2, 0) is 4.79 Å². The molecule has 0 aromatic heterocycles. The Hall–Kier alpha value is 0.465. The second kappa shape index (κ2) is 5.60. The number of carbonyl (C=O) groups is 1. The topological polar surface area (TPSA) is 17.1 Å². The smallest absolute Gasteiger partial charge is 0.192 e. The predicted octanol–water partition coefficient (Wildman–Crippen LogP) is 1.71. The van der Waals surface area contributed by atoms with Crippen molar-refractivity contribution in [3.05, 3.63) is 0 Å². The van der Waals surface area contributed by atoms with Crippen molar-refractivity contribution in [1.82, 2.24) is 0 Å². The first kappa shape index (κ1) is 8.46. The molecule has 0 rings (SSSR count). The Bertz CT molecular complexity index is 74.8. The summed E-state index contributed by atoms with van der Waals surface area (Å²) in [5.41, 5.74) is 0. The van der Waals surface area contributed by atoms with Crippen molar-refractivity contribution in [1.29, 1.82) is 0 Å². The average Bonchev–Trinajstić information content (AvgIpc) is 1.66. The Morgan fingerprint density at radius 1 is 1.50 bits per heavy atom. The van der Waals surface area contributed by atoms with Gasteiger partial charge in [-0.15, -0.1) is 0 Å². The maximum atomic E-state index is 10.3. The van der Waals surface area contributed by atoms with Gasteiger partial charge in [-0.25, -0.2) is 0 Å². The monoisotopic (exact) mass is 222 g/mol. The molecule has 0 atom stereocenters. The zero-order valence-electron chi connectivity index (χ0n) is 4.69. The van der Waals surface area contributed by atoms with Gasteiger partial charge in [0.05, 0.1) is 7.85 Å². The second-order valence-electron chi connectivity index (χ2n) is 1.60. The van der Waals surface area contributed by atoms with Gasteiger partial charge >= 0.3 is 0 Å². The summed E-state index contributed by atoms with van der Waals surface area (Å²) in [5.74, 6) is 0. The van der Waals surface area contributed by atoms with Crippen LogP contribution in [0.4, 0.5) is 0 Å². The number of rotatable bonds is 4. The standard InChI is InChI=1S/C5H8BIO/c6-4-2-1-3-5(7)8/h1-4H2. The van der Waals surface area contributed by atoms with Gasteiger partial charge < -0.3 is 0 Å². The van der Waals surface area contributed by atoms with Gasteiger partial charge in [0.2, 0.25) is 0 Å². The maximum absolute atomic E-state index is 10.3. The largest absolute Gasteiger partial charge is 0.288 e. The molecular formula is C5H8BIO. The third kappa shape index (κ3) is 6.46. The molecule has 8 heavy (non-hydrogen) atoms. The van der Waals surface area contributed by atoms with Gasteiger partial charge in [-0.2, -0.15) is 0 Å². The fourth-order valence-corrected chi connectivity index (χ4v) is 0.790. The molecule has 0 saturated heterocycles. The van der Waals surface area contributed by atoms with E-state index in [1.165, 1.54) is 0 Å². The van der Waals surface area contributed by atoms with E-state index in [4.69, 9.17) is 7.85 Å². The molecule has 0 aromatic rings. The molecule has 0 aliphatic carbocycles. The summed E-state index contributed by atoms with van der Waals surface area (Å²) in [4.78, 5) is 10.3. The molecule has 3 heteroatoms. The zero-order chi connectivity index (χ0) is 6.41. The lowest BCUT2D eigenvalue weighted by molar-refractivity contribution is -0.109. The van der Waals surface area contributed by atoms with Crippen molar-refractivity contribution in [2.24, 2.45) is 0 Å². The van der Waals surface area contributed by atoms with E-state index in [-0.39, 0.29) is 3.79 Å². The second-order valence-corrected chi connectivity index (χ2v) is 2.80. The lowest BCUT2D eigenvalue weighted by atomic mass is 10.00. The van der Waals surface area contributed by atoms with Crippen LogP contribution in [0.15, 0.2) is 0 Å². The van der Waals surface area contributed by atoms with Crippen LogP contribution in [0.1, 0.15) is 19.3 Å². The molecule has 0 spiro atoms. The average molecular weight is 222 g/mol. The lowest BCUT2D eigenvalue weighted by Gasteiger charge is -1.89. The van der Waals surface area contributed by atoms with Crippen molar-refractivity contribution in [2.45, 2.75) is 25.6 Å². The molecule has 1 nitrogen and oxygen atoms in total. The Kier molecular flexibility index (Phi) is 5.92. The minimum Gasteiger partial charge on any atom is -0.288 e. The number of halogens is 1. The Morgan fingerprint density at radius 3 is 2.50 bits per heavy atom. The molecule has 0 aromatic carbocycles. The maximum Gasteiger partial charge on any atom is 0.192 e. The van der Waals surface area contributed by atoms with E-state index in [1.807, 2.05) is 0 Å². The van der Waals surface area contributed by atoms with E-state index in [1.54, 1.807) is 22.6 Å². The lowest BCUT2D eigenvalue weighted by Crippen LogP contribution is -1.83. The van der Waals surface area contributed by atoms with Gasteiger partial charge in [-0.05, 0) is 29.0 Å². The van der Waals surface area contributed by atoms with Gasteiger partial charge in [0.15, 0.2) is 3.79 Å². The molecule has 0 N–H and O–H groups in total. The number of hydrogen-bond donors (Lipinski definition) is 0. The normalized spacial score (nSPS) is 9.12. The quantitative estimate of drug-likeness (QED) is 0.306. The molecule has 0 fully saturated rings. The van der Waals surface area contributed by atoms with Crippen molar-refractivity contribution in [3.8, 4) is 0 Å². The number of unbranched alkanes of at least 4 members (excludes halogenated alkanes) is 1. The fraction of sp³-hybridized carbons (Fsp3) is 0.800. The predicted molar refractivity (Wildman–Crippen MR) is 43.4 cm³/mol. The van der Waals surface area contributed by atoms with Crippen molar-refractivity contribution in [2.75, 3.05) is 0 Å². The van der Waals surface area contributed by atoms with Gasteiger partial charge in [0, 0.05) is 6.42 Å². The van der Waals surface area contributed by atoms with E-state index in [2.05, 4.69) is 0 Å². The number of carbonyl (C=O) groups excluding carboxylic acids is 1. The highest BCUT2D eigenvalue weighted by molar-refractivity contribution is 14.1. The molecule has 0 aliphatic rings. The summed E-state index contributed by atoms with van der Waals surface area (Å²) >= 11 is 1.80. The Morgan fingerprint density at radius 2 is 2.12 bits per heavy atom. The molecule has 0 aliphatic heterocycles. The fourth-order valence-electron chi connectivity index (χ4n) is 0.408. The van der Waals surface area contributed by atoms with Crippen LogP contribution in [0.3, 0.4) is 0 Å². The molecule has 0 saturated carbocycles. The van der Waals surface area contributed by atoms with E-state index >= 15 is 0 Å². The van der Waals surface area contributed by atoms with E-state index in [9.17, 15) is 4.79 Å². The van der Waals surface area contributed by atoms with Gasteiger partial charge in [0.1, 0.15) is 0 Å². The first-order valence-electron chi connectivity index (χ1n) is 2.65. The third-order valence-electron chi connectivity index (χ3n) is 0.827. The summed E-state index contributed by atoms with van der Waals surface area (Å²) in [5, 5.41) is 0. The highest BCUT2D eigenvalue weighted by Crippen LogP contribution is 2.01. The summed E-state index contributed by atoms with van der Waals surface area (Å²) in [7, 11) is 5.20. The van der Waals surface area contributed by atoms with Gasteiger partial charge in [0.25, 0.3) is 0 Å². The molecule has 0 bridgehead atoms. The van der Waals surface area contributed by atoms with Gasteiger partial charge in [-0.3, -0.25) is 4.79 Å². The van der Waals surface area contributed by atoms with Crippen LogP contribution in [0, 0.1) is 0 Å². The summed E-state index contributed by atoms with van der Waals surface area (Å²) < 4.78 is 0.232. The van der Waals surface area contributed by atoms with Crippen LogP contribution < -0.4 is 0 Å². The minimum atomic E-state index is 0.232. The molecule has 0 unspecified atom stereocenters. The van der Waals surface area contributed by atoms with Crippen LogP contribution in [-0.4, -0.2) is 11.6 Å². The highest BCUT2D eigenvalue weighted by atomic mass is 127. The van der Waals surface area contributed by atoms with E-state index in [0.29, 0.717) is 12.7 Å². The van der Waals surface area contributed by atoms with Crippen molar-refractivity contribution in [3.63, 3.8) is 0 Å². The van der Waals surface area contributed by atoms with Gasteiger partial charge in [-0.1, -0.05) is 12.7 Å². The van der Waals surface area contributed by atoms with E-state index < -0.39 is 0 Å². The van der Waals surface area contributed by atoms with Crippen LogP contribution in [0.2, 0.25) is 6.32 Å². The molecule has 2 radical (unpaired) electrons. The summed E-state index contributed by atoms with van der Waals surface area (Å²) in [6.07, 6.45) is 3.29. The Labute approximate surface area is 64.8 Å². The first-order valence-corrected chi connectivity index (χ1v) is 3.73. The molecule has 0 amide bonds. The molecule has 0 heterocycles. The van der Waals surface area contributed by atoms with Crippen LogP contribution in [0.5, 0.6) is 0 Å². The Balaban J connectivity index is 2.82. The SMILES string of the molecule is [B]CCCCC(=O)I. The molecular weight excluding hydrogens is 214 g/mol. The zero-order valence-corrected chi connectivity index (χ0v) is 6.85. The summed E-state index contributed by atoms with van der Waals surface area (Å²) in [6, 6.07) is 0. The van der Waals surface area contributed by atoms with Crippen LogP contribution >= 0.6 is 22.6 Å². The van der Waals surface area contributed by atoms with Crippen LogP contribution in [0.25, 0.3) is 0 Å². The first-order chi connectivity index (χ1) is 3.77. The van der Waals surface area contributed by atoms with Crippen molar-refractivity contribution >= 4 is 34.2 Å². The third-order valence-corrected chi connectivity index (χ3v) is 1.37. The molecule has 44 valence electrons.